The number of aromatic nitrogens is 1. The second-order valence-corrected chi connectivity index (χ2v) is 8.92. The van der Waals surface area contributed by atoms with E-state index in [0.717, 1.165) is 26.2 Å². The fourth-order valence-electron chi connectivity index (χ4n) is 5.14. The summed E-state index contributed by atoms with van der Waals surface area (Å²) in [6.45, 7) is 7.93. The van der Waals surface area contributed by atoms with Crippen LogP contribution < -0.4 is 0 Å². The number of nitrogens with zero attached hydrogens (tertiary/aromatic N) is 3. The van der Waals surface area contributed by atoms with E-state index in [-0.39, 0.29) is 5.54 Å². The zero-order chi connectivity index (χ0) is 20.4. The lowest BCUT2D eigenvalue weighted by atomic mass is 9.78. The highest BCUT2D eigenvalue weighted by atomic mass is 16.7. The molecule has 1 N–H and O–H groups in total. The molecule has 1 spiro atoms. The van der Waals surface area contributed by atoms with E-state index >= 15 is 0 Å². The average molecular weight is 409 g/mol. The van der Waals surface area contributed by atoms with Crippen molar-refractivity contribution in [3.05, 3.63) is 59.4 Å². The van der Waals surface area contributed by atoms with E-state index in [1.165, 1.54) is 41.9 Å². The molecule has 0 aliphatic carbocycles. The van der Waals surface area contributed by atoms with E-state index in [1.807, 2.05) is 18.2 Å². The van der Waals surface area contributed by atoms with Crippen molar-refractivity contribution in [1.82, 2.24) is 14.8 Å². The smallest absolute Gasteiger partial charge is 0.148 e. The van der Waals surface area contributed by atoms with Gasteiger partial charge in [-0.25, -0.2) is 0 Å². The molecule has 3 aliphatic rings. The van der Waals surface area contributed by atoms with Crippen LogP contribution in [0, 0.1) is 0 Å². The summed E-state index contributed by atoms with van der Waals surface area (Å²) in [5.41, 5.74) is 4.03. The average Bonchev–Trinajstić information content (AvgIpc) is 3.27. The largest absolute Gasteiger partial charge is 0.364 e. The van der Waals surface area contributed by atoms with Crippen LogP contribution in [0.2, 0.25) is 0 Å². The molecule has 4 heterocycles. The number of fused-ring (bicyclic) bond motifs is 1. The number of nitrogens with one attached hydrogen (secondary N) is 1. The van der Waals surface area contributed by atoms with Gasteiger partial charge in [-0.05, 0) is 30.9 Å². The number of aromatic amines is 1. The Labute approximate surface area is 178 Å². The van der Waals surface area contributed by atoms with Gasteiger partial charge in [-0.15, -0.1) is 0 Å². The predicted molar refractivity (Wildman–Crippen MR) is 118 cm³/mol. The Balaban J connectivity index is 1.15. The normalized spacial score (nSPS) is 26.4. The Morgan fingerprint density at radius 1 is 1.13 bits per heavy atom. The highest BCUT2D eigenvalue weighted by Crippen LogP contribution is 2.39. The molecule has 6 heteroatoms. The summed E-state index contributed by atoms with van der Waals surface area (Å²) in [6.07, 6.45) is 5.73. The second-order valence-electron chi connectivity index (χ2n) is 8.92. The second kappa shape index (κ2) is 8.53. The van der Waals surface area contributed by atoms with Crippen LogP contribution in [-0.4, -0.2) is 65.9 Å². The molecule has 2 aromatic rings. The summed E-state index contributed by atoms with van der Waals surface area (Å²) in [5.74, 6) is 1.66. The molecule has 0 bridgehead atoms. The first kappa shape index (κ1) is 19.8. The van der Waals surface area contributed by atoms with E-state index in [2.05, 4.69) is 46.1 Å². The molecule has 0 saturated carbocycles. The van der Waals surface area contributed by atoms with Crippen molar-refractivity contribution >= 4 is 5.84 Å². The summed E-state index contributed by atoms with van der Waals surface area (Å²) in [7, 11) is 0. The third-order valence-corrected chi connectivity index (χ3v) is 6.93. The Morgan fingerprint density at radius 3 is 2.87 bits per heavy atom. The van der Waals surface area contributed by atoms with Gasteiger partial charge in [-0.3, -0.25) is 9.89 Å². The Kier molecular flexibility index (Phi) is 5.63. The number of rotatable bonds is 6. The number of piperidine rings is 1. The van der Waals surface area contributed by atoms with Crippen LogP contribution in [0.4, 0.5) is 0 Å². The van der Waals surface area contributed by atoms with Crippen molar-refractivity contribution < 1.29 is 9.47 Å². The van der Waals surface area contributed by atoms with Crippen LogP contribution in [0.1, 0.15) is 48.9 Å². The lowest BCUT2D eigenvalue weighted by Gasteiger charge is -2.57. The van der Waals surface area contributed by atoms with Gasteiger partial charge >= 0.3 is 0 Å². The first-order chi connectivity index (χ1) is 14.8. The lowest BCUT2D eigenvalue weighted by Crippen LogP contribution is -2.67. The fourth-order valence-corrected chi connectivity index (χ4v) is 5.14. The number of hydrogen-bond donors (Lipinski definition) is 1. The first-order valence-electron chi connectivity index (χ1n) is 11.2. The monoisotopic (exact) mass is 408 g/mol. The number of H-pyrrole nitrogens is 1. The summed E-state index contributed by atoms with van der Waals surface area (Å²) in [4.78, 5) is 13.4. The molecule has 30 heavy (non-hydrogen) atoms. The highest BCUT2D eigenvalue weighted by molar-refractivity contribution is 6.01. The van der Waals surface area contributed by atoms with Crippen LogP contribution >= 0.6 is 0 Å². The van der Waals surface area contributed by atoms with Crippen molar-refractivity contribution in [2.75, 3.05) is 39.7 Å². The molecule has 2 fully saturated rings. The number of hydrogen-bond acceptors (Lipinski definition) is 5. The zero-order valence-corrected chi connectivity index (χ0v) is 17.8. The van der Waals surface area contributed by atoms with Crippen LogP contribution in [0.3, 0.4) is 0 Å². The summed E-state index contributed by atoms with van der Waals surface area (Å²) < 4.78 is 11.6. The maximum absolute atomic E-state index is 5.88. The zero-order valence-electron chi connectivity index (χ0n) is 17.8. The number of benzene rings is 1. The molecule has 5 rings (SSSR count). The van der Waals surface area contributed by atoms with Gasteiger partial charge in [0.05, 0.1) is 6.61 Å². The minimum absolute atomic E-state index is 0.222. The summed E-state index contributed by atoms with van der Waals surface area (Å²) in [6, 6.07) is 12.4. The number of aliphatic imine (C=N–C) groups is 1. The molecule has 160 valence electrons. The number of amidine groups is 1. The number of likely N-dealkylation sites (tertiary alicyclic amines) is 2. The van der Waals surface area contributed by atoms with Crippen molar-refractivity contribution in [2.24, 2.45) is 4.99 Å². The van der Waals surface area contributed by atoms with Gasteiger partial charge in [0.15, 0.2) is 0 Å². The van der Waals surface area contributed by atoms with E-state index in [0.29, 0.717) is 26.0 Å². The third-order valence-electron chi connectivity index (χ3n) is 6.93. The van der Waals surface area contributed by atoms with Gasteiger partial charge in [0.1, 0.15) is 19.4 Å². The van der Waals surface area contributed by atoms with Crippen LogP contribution in [-0.2, 0) is 16.1 Å². The molecule has 2 atom stereocenters. The SMILES string of the molecule is CC1CN=C(N2CCCC3(CCN3COCOCc3ccccc3)C2)c2cc[nH]c21. The van der Waals surface area contributed by atoms with Crippen molar-refractivity contribution in [1.29, 1.82) is 0 Å². The molecule has 1 aromatic heterocycles. The van der Waals surface area contributed by atoms with E-state index in [1.54, 1.807) is 0 Å². The maximum atomic E-state index is 5.88. The van der Waals surface area contributed by atoms with Crippen molar-refractivity contribution in [3.63, 3.8) is 0 Å². The molecule has 0 radical (unpaired) electrons. The molecule has 1 aromatic carbocycles. The molecular formula is C24H32N4O2. The lowest BCUT2D eigenvalue weighted by molar-refractivity contribution is -0.157. The molecule has 2 saturated heterocycles. The first-order valence-corrected chi connectivity index (χ1v) is 11.2. The molecule has 6 nitrogen and oxygen atoms in total. The Hall–Kier alpha value is -2.15. The van der Waals surface area contributed by atoms with Gasteiger partial charge in [-0.2, -0.15) is 0 Å². The molecule has 2 unspecified atom stereocenters. The van der Waals surface area contributed by atoms with Crippen LogP contribution in [0.25, 0.3) is 0 Å². The summed E-state index contributed by atoms with van der Waals surface area (Å²) in [5, 5.41) is 0. The van der Waals surface area contributed by atoms with Gasteiger partial charge in [0, 0.05) is 55.1 Å². The molecular weight excluding hydrogens is 376 g/mol. The van der Waals surface area contributed by atoms with Crippen molar-refractivity contribution in [2.45, 2.75) is 44.2 Å². The van der Waals surface area contributed by atoms with Crippen molar-refractivity contribution in [3.8, 4) is 0 Å². The van der Waals surface area contributed by atoms with Crippen LogP contribution in [0.5, 0.6) is 0 Å². The number of ether oxygens (including phenoxy) is 2. The third kappa shape index (κ3) is 3.80. The highest BCUT2D eigenvalue weighted by Gasteiger charge is 2.48. The maximum Gasteiger partial charge on any atom is 0.148 e. The van der Waals surface area contributed by atoms with E-state index in [4.69, 9.17) is 14.5 Å². The predicted octanol–water partition coefficient (Wildman–Crippen LogP) is 3.57. The summed E-state index contributed by atoms with van der Waals surface area (Å²) >= 11 is 0. The quantitative estimate of drug-likeness (QED) is 0.587. The Morgan fingerprint density at radius 2 is 2.03 bits per heavy atom. The van der Waals surface area contributed by atoms with E-state index < -0.39 is 0 Å². The van der Waals surface area contributed by atoms with E-state index in [9.17, 15) is 0 Å². The molecule has 0 amide bonds. The standard InChI is InChI=1S/C24H32N4O2/c1-19-14-26-23(21-8-11-25-22(19)21)27-12-5-9-24(16-27)10-13-28(24)17-30-18-29-15-20-6-3-2-4-7-20/h2-4,6-8,11,19,25H,5,9-10,12-18H2,1H3. The van der Waals surface area contributed by atoms with Gasteiger partial charge in [-0.1, -0.05) is 37.3 Å². The van der Waals surface area contributed by atoms with Gasteiger partial charge < -0.3 is 19.4 Å². The topological polar surface area (TPSA) is 53.1 Å². The fraction of sp³-hybridized carbons (Fsp3) is 0.542. The minimum Gasteiger partial charge on any atom is -0.364 e. The van der Waals surface area contributed by atoms with Crippen LogP contribution in [0.15, 0.2) is 47.6 Å². The van der Waals surface area contributed by atoms with Gasteiger partial charge in [0.2, 0.25) is 0 Å². The Bertz CT molecular complexity index is 880. The minimum atomic E-state index is 0.222. The van der Waals surface area contributed by atoms with Gasteiger partial charge in [0.25, 0.3) is 0 Å². The molecule has 3 aliphatic heterocycles.